The Labute approximate surface area is 93.5 Å². The highest BCUT2D eigenvalue weighted by molar-refractivity contribution is 6.28. The van der Waals surface area contributed by atoms with E-state index in [9.17, 15) is 0 Å². The molecule has 1 aromatic carbocycles. The van der Waals surface area contributed by atoms with Crippen LogP contribution in [-0.2, 0) is 0 Å². The molecule has 0 spiro atoms. The maximum Gasteiger partial charge on any atom is 0.224 e. The van der Waals surface area contributed by atoms with Crippen molar-refractivity contribution in [2.45, 2.75) is 13.8 Å². The Bertz CT molecular complexity index is 496. The van der Waals surface area contributed by atoms with Gasteiger partial charge in [0.25, 0.3) is 0 Å². The molecule has 0 bridgehead atoms. The molecular formula is C11H12ClN3. The van der Waals surface area contributed by atoms with E-state index < -0.39 is 0 Å². The summed E-state index contributed by atoms with van der Waals surface area (Å²) < 4.78 is 0. The second-order valence-electron chi connectivity index (χ2n) is 3.39. The largest absolute Gasteiger partial charge is 0.370 e. The van der Waals surface area contributed by atoms with Gasteiger partial charge in [0.1, 0.15) is 5.82 Å². The van der Waals surface area contributed by atoms with Crippen LogP contribution in [-0.4, -0.2) is 16.5 Å². The highest BCUT2D eigenvalue weighted by atomic mass is 35.5. The third-order valence-electron chi connectivity index (χ3n) is 2.17. The summed E-state index contributed by atoms with van der Waals surface area (Å²) in [5.74, 6) is 0.802. The van der Waals surface area contributed by atoms with Gasteiger partial charge in [-0.15, -0.1) is 0 Å². The van der Waals surface area contributed by atoms with Crippen LogP contribution in [0.5, 0.6) is 0 Å². The van der Waals surface area contributed by atoms with Crippen molar-refractivity contribution in [1.29, 1.82) is 0 Å². The van der Waals surface area contributed by atoms with Crippen LogP contribution in [0.1, 0.15) is 12.5 Å². The number of hydrogen-bond acceptors (Lipinski definition) is 3. The van der Waals surface area contributed by atoms with Crippen molar-refractivity contribution in [1.82, 2.24) is 9.97 Å². The molecule has 0 aliphatic heterocycles. The van der Waals surface area contributed by atoms with Gasteiger partial charge in [-0.25, -0.2) is 9.97 Å². The van der Waals surface area contributed by atoms with Crippen LogP contribution in [0.2, 0.25) is 5.28 Å². The lowest BCUT2D eigenvalue weighted by Gasteiger charge is -2.07. The van der Waals surface area contributed by atoms with Gasteiger partial charge in [-0.1, -0.05) is 11.6 Å². The Morgan fingerprint density at radius 2 is 2.13 bits per heavy atom. The summed E-state index contributed by atoms with van der Waals surface area (Å²) in [5.41, 5.74) is 2.06. The van der Waals surface area contributed by atoms with E-state index in [-0.39, 0.29) is 5.28 Å². The molecule has 0 aliphatic carbocycles. The molecule has 78 valence electrons. The predicted octanol–water partition coefficient (Wildman–Crippen LogP) is 3.02. The topological polar surface area (TPSA) is 37.8 Å². The first-order valence-corrected chi connectivity index (χ1v) is 5.26. The standard InChI is InChI=1S/C11H12ClN3/c1-3-13-10-8-6-7(2)4-5-9(8)14-11(12)15-10/h4-6H,3H2,1-2H3,(H,13,14,15). The van der Waals surface area contributed by atoms with E-state index in [4.69, 9.17) is 11.6 Å². The summed E-state index contributed by atoms with van der Waals surface area (Å²) >= 11 is 5.84. The van der Waals surface area contributed by atoms with Crippen molar-refractivity contribution in [3.8, 4) is 0 Å². The lowest BCUT2D eigenvalue weighted by Crippen LogP contribution is -2.01. The normalized spacial score (nSPS) is 10.6. The minimum absolute atomic E-state index is 0.280. The van der Waals surface area contributed by atoms with E-state index in [0.717, 1.165) is 23.3 Å². The van der Waals surface area contributed by atoms with Gasteiger partial charge in [-0.2, -0.15) is 0 Å². The molecule has 2 aromatic rings. The highest BCUT2D eigenvalue weighted by Crippen LogP contribution is 2.22. The fourth-order valence-electron chi connectivity index (χ4n) is 1.52. The molecule has 1 N–H and O–H groups in total. The van der Waals surface area contributed by atoms with Gasteiger partial charge in [0.2, 0.25) is 5.28 Å². The van der Waals surface area contributed by atoms with Crippen LogP contribution >= 0.6 is 11.6 Å². The van der Waals surface area contributed by atoms with E-state index in [1.165, 1.54) is 5.56 Å². The van der Waals surface area contributed by atoms with Crippen molar-refractivity contribution in [2.24, 2.45) is 0 Å². The molecule has 1 heterocycles. The molecule has 1 aromatic heterocycles. The molecule has 0 atom stereocenters. The number of aromatic nitrogens is 2. The van der Waals surface area contributed by atoms with Crippen LogP contribution in [0, 0.1) is 6.92 Å². The van der Waals surface area contributed by atoms with Crippen molar-refractivity contribution in [3.05, 3.63) is 29.0 Å². The summed E-state index contributed by atoms with van der Waals surface area (Å²) in [6.07, 6.45) is 0. The molecule has 0 saturated heterocycles. The van der Waals surface area contributed by atoms with E-state index in [0.29, 0.717) is 0 Å². The number of rotatable bonds is 2. The van der Waals surface area contributed by atoms with Gasteiger partial charge in [0.05, 0.1) is 5.52 Å². The molecule has 0 saturated carbocycles. The number of nitrogens with one attached hydrogen (secondary N) is 1. The van der Waals surface area contributed by atoms with Crippen LogP contribution in [0.25, 0.3) is 10.9 Å². The molecule has 15 heavy (non-hydrogen) atoms. The summed E-state index contributed by atoms with van der Waals surface area (Å²) in [7, 11) is 0. The number of aryl methyl sites for hydroxylation is 1. The summed E-state index contributed by atoms with van der Waals surface area (Å²) in [4.78, 5) is 8.35. The zero-order valence-corrected chi connectivity index (χ0v) is 9.47. The van der Waals surface area contributed by atoms with Crippen molar-refractivity contribution >= 4 is 28.3 Å². The first kappa shape index (κ1) is 10.2. The average molecular weight is 222 g/mol. The van der Waals surface area contributed by atoms with Crippen LogP contribution in [0.15, 0.2) is 18.2 Å². The van der Waals surface area contributed by atoms with E-state index in [2.05, 4.69) is 21.4 Å². The van der Waals surface area contributed by atoms with Crippen molar-refractivity contribution in [3.63, 3.8) is 0 Å². The second-order valence-corrected chi connectivity index (χ2v) is 3.73. The minimum atomic E-state index is 0.280. The SMILES string of the molecule is CCNc1nc(Cl)nc2ccc(C)cc12. The molecular weight excluding hydrogens is 210 g/mol. The monoisotopic (exact) mass is 221 g/mol. The van der Waals surface area contributed by atoms with Crippen LogP contribution < -0.4 is 5.32 Å². The third-order valence-corrected chi connectivity index (χ3v) is 2.34. The maximum atomic E-state index is 5.84. The lowest BCUT2D eigenvalue weighted by molar-refractivity contribution is 1.14. The van der Waals surface area contributed by atoms with E-state index >= 15 is 0 Å². The zero-order chi connectivity index (χ0) is 10.8. The fraction of sp³-hybridized carbons (Fsp3) is 0.273. The lowest BCUT2D eigenvalue weighted by atomic mass is 10.1. The highest BCUT2D eigenvalue weighted by Gasteiger charge is 2.05. The summed E-state index contributed by atoms with van der Waals surface area (Å²) in [5, 5.41) is 4.48. The van der Waals surface area contributed by atoms with Gasteiger partial charge in [0.15, 0.2) is 0 Å². The summed E-state index contributed by atoms with van der Waals surface area (Å²) in [6, 6.07) is 6.03. The molecule has 4 heteroatoms. The smallest absolute Gasteiger partial charge is 0.224 e. The Morgan fingerprint density at radius 3 is 2.87 bits per heavy atom. The Morgan fingerprint density at radius 1 is 1.33 bits per heavy atom. The van der Waals surface area contributed by atoms with E-state index in [1.54, 1.807) is 0 Å². The van der Waals surface area contributed by atoms with Crippen LogP contribution in [0.4, 0.5) is 5.82 Å². The number of benzene rings is 1. The second kappa shape index (κ2) is 4.03. The van der Waals surface area contributed by atoms with Gasteiger partial charge >= 0.3 is 0 Å². The van der Waals surface area contributed by atoms with E-state index in [1.807, 2.05) is 26.0 Å². The third kappa shape index (κ3) is 2.02. The number of nitrogens with zero attached hydrogens (tertiary/aromatic N) is 2. The van der Waals surface area contributed by atoms with Gasteiger partial charge in [-0.3, -0.25) is 0 Å². The van der Waals surface area contributed by atoms with Gasteiger partial charge in [0, 0.05) is 11.9 Å². The Balaban J connectivity index is 2.70. The molecule has 3 nitrogen and oxygen atoms in total. The predicted molar refractivity (Wildman–Crippen MR) is 63.4 cm³/mol. The number of anilines is 1. The first-order valence-electron chi connectivity index (χ1n) is 4.88. The van der Waals surface area contributed by atoms with Gasteiger partial charge < -0.3 is 5.32 Å². The number of halogens is 1. The molecule has 0 aliphatic rings. The zero-order valence-electron chi connectivity index (χ0n) is 8.71. The van der Waals surface area contributed by atoms with Crippen molar-refractivity contribution in [2.75, 3.05) is 11.9 Å². The molecule has 0 fully saturated rings. The summed E-state index contributed by atoms with van der Waals surface area (Å²) in [6.45, 7) is 4.89. The number of hydrogen-bond donors (Lipinski definition) is 1. The molecule has 0 radical (unpaired) electrons. The van der Waals surface area contributed by atoms with Crippen LogP contribution in [0.3, 0.4) is 0 Å². The Hall–Kier alpha value is -1.35. The van der Waals surface area contributed by atoms with Crippen molar-refractivity contribution < 1.29 is 0 Å². The average Bonchev–Trinajstić information content (AvgIpc) is 2.19. The number of fused-ring (bicyclic) bond motifs is 1. The fourth-order valence-corrected chi connectivity index (χ4v) is 1.69. The first-order chi connectivity index (χ1) is 7.20. The van der Waals surface area contributed by atoms with Gasteiger partial charge in [-0.05, 0) is 37.6 Å². The maximum absolute atomic E-state index is 5.84. The quantitative estimate of drug-likeness (QED) is 0.793. The minimum Gasteiger partial charge on any atom is -0.370 e. The molecule has 2 rings (SSSR count). The molecule has 0 amide bonds. The molecule has 0 unspecified atom stereocenters. The Kier molecular flexibility index (Phi) is 2.73.